The zero-order valence-electron chi connectivity index (χ0n) is 14.0. The monoisotopic (exact) mass is 306 g/mol. The van der Waals surface area contributed by atoms with Gasteiger partial charge in [-0.25, -0.2) is 0 Å². The molecule has 1 fully saturated rings. The molecule has 120 valence electrons. The molecular weight excluding hydrogens is 280 g/mol. The van der Waals surface area contributed by atoms with Crippen LogP contribution in [0.4, 0.5) is 0 Å². The number of carbonyl (C=O) groups excluding carboxylic acids is 1. The summed E-state index contributed by atoms with van der Waals surface area (Å²) in [5.74, 6) is 1.50. The number of aldehydes is 1. The van der Waals surface area contributed by atoms with Crippen LogP contribution >= 0.6 is 0 Å². The number of hydrogen-bond donors (Lipinski definition) is 0. The molecule has 0 saturated heterocycles. The fourth-order valence-electron chi connectivity index (χ4n) is 3.82. The maximum atomic E-state index is 10.7. The van der Waals surface area contributed by atoms with Crippen LogP contribution in [0.5, 0.6) is 0 Å². The van der Waals surface area contributed by atoms with Crippen molar-refractivity contribution in [1.29, 1.82) is 0 Å². The summed E-state index contributed by atoms with van der Waals surface area (Å²) in [6, 6.07) is 16.8. The minimum absolute atomic E-state index is 0.652. The maximum Gasteiger partial charge on any atom is 0.150 e. The molecule has 1 unspecified atom stereocenters. The highest BCUT2D eigenvalue weighted by molar-refractivity contribution is 5.76. The third-order valence-corrected chi connectivity index (χ3v) is 5.42. The Hall–Kier alpha value is -1.89. The van der Waals surface area contributed by atoms with Crippen LogP contribution < -0.4 is 0 Å². The first kappa shape index (κ1) is 16.0. The Balaban J connectivity index is 1.73. The van der Waals surface area contributed by atoms with Gasteiger partial charge < -0.3 is 0 Å². The van der Waals surface area contributed by atoms with Gasteiger partial charge in [0.25, 0.3) is 0 Å². The van der Waals surface area contributed by atoms with Crippen LogP contribution in [0.25, 0.3) is 11.1 Å². The van der Waals surface area contributed by atoms with Gasteiger partial charge in [-0.05, 0) is 41.4 Å². The summed E-state index contributed by atoms with van der Waals surface area (Å²) in [5.41, 5.74) is 4.58. The first-order valence-corrected chi connectivity index (χ1v) is 8.93. The number of rotatable bonds is 4. The van der Waals surface area contributed by atoms with Crippen molar-refractivity contribution in [3.05, 3.63) is 59.7 Å². The summed E-state index contributed by atoms with van der Waals surface area (Å²) >= 11 is 0. The molecule has 3 rings (SSSR count). The van der Waals surface area contributed by atoms with Crippen LogP contribution in [0.1, 0.15) is 67.3 Å². The minimum Gasteiger partial charge on any atom is -0.298 e. The molecule has 0 N–H and O–H groups in total. The van der Waals surface area contributed by atoms with Crippen LogP contribution in [-0.4, -0.2) is 6.29 Å². The minimum atomic E-state index is 0.652. The Morgan fingerprint density at radius 3 is 1.87 bits per heavy atom. The molecule has 23 heavy (non-hydrogen) atoms. The Morgan fingerprint density at radius 2 is 1.35 bits per heavy atom. The van der Waals surface area contributed by atoms with Crippen molar-refractivity contribution in [3.63, 3.8) is 0 Å². The van der Waals surface area contributed by atoms with E-state index in [0.29, 0.717) is 5.92 Å². The van der Waals surface area contributed by atoms with E-state index in [-0.39, 0.29) is 0 Å². The summed E-state index contributed by atoms with van der Waals surface area (Å²) in [6.45, 7) is 2.39. The van der Waals surface area contributed by atoms with E-state index in [1.54, 1.807) is 0 Å². The molecule has 1 nitrogen and oxygen atoms in total. The summed E-state index contributed by atoms with van der Waals surface area (Å²) < 4.78 is 0. The Labute approximate surface area is 139 Å². The lowest BCUT2D eigenvalue weighted by Crippen LogP contribution is -2.09. The molecule has 1 heteroatoms. The molecule has 0 aromatic heterocycles. The fourth-order valence-corrected chi connectivity index (χ4v) is 3.82. The quantitative estimate of drug-likeness (QED) is 0.482. The van der Waals surface area contributed by atoms with Crippen molar-refractivity contribution >= 4 is 6.29 Å². The van der Waals surface area contributed by atoms with Gasteiger partial charge in [0.15, 0.2) is 0 Å². The molecular formula is C22H26O. The smallest absolute Gasteiger partial charge is 0.150 e. The molecule has 1 aliphatic rings. The van der Waals surface area contributed by atoms with Gasteiger partial charge in [0, 0.05) is 5.56 Å². The van der Waals surface area contributed by atoms with Gasteiger partial charge in [0.05, 0.1) is 0 Å². The predicted molar refractivity (Wildman–Crippen MR) is 96.9 cm³/mol. The van der Waals surface area contributed by atoms with Crippen molar-refractivity contribution in [3.8, 4) is 11.1 Å². The van der Waals surface area contributed by atoms with Gasteiger partial charge >= 0.3 is 0 Å². The molecule has 2 aromatic rings. The highest BCUT2D eigenvalue weighted by Crippen LogP contribution is 2.35. The Kier molecular flexibility index (Phi) is 5.27. The molecule has 0 amide bonds. The lowest BCUT2D eigenvalue weighted by Gasteiger charge is -2.23. The van der Waals surface area contributed by atoms with Crippen LogP contribution in [-0.2, 0) is 0 Å². The predicted octanol–water partition coefficient (Wildman–Crippen LogP) is 6.24. The lowest BCUT2D eigenvalue weighted by atomic mass is 9.82. The van der Waals surface area contributed by atoms with E-state index in [9.17, 15) is 4.79 Å². The van der Waals surface area contributed by atoms with Gasteiger partial charge in [-0.3, -0.25) is 4.79 Å². The van der Waals surface area contributed by atoms with E-state index in [1.807, 2.05) is 24.3 Å². The van der Waals surface area contributed by atoms with E-state index in [1.165, 1.54) is 55.2 Å². The zero-order chi connectivity index (χ0) is 16.1. The van der Waals surface area contributed by atoms with Crippen molar-refractivity contribution < 1.29 is 4.79 Å². The zero-order valence-corrected chi connectivity index (χ0v) is 14.0. The second kappa shape index (κ2) is 7.59. The standard InChI is InChI=1S/C22H26O/c1-17(19-6-4-2-3-5-7-19)20-12-14-22(15-13-20)21-10-8-18(16-23)9-11-21/h8-17,19H,2-7H2,1H3. The third-order valence-electron chi connectivity index (χ3n) is 5.42. The number of carbonyl (C=O) groups is 1. The van der Waals surface area contributed by atoms with Crippen molar-refractivity contribution in [2.45, 2.75) is 51.4 Å². The van der Waals surface area contributed by atoms with Crippen molar-refractivity contribution in [1.82, 2.24) is 0 Å². The highest BCUT2D eigenvalue weighted by atomic mass is 16.1. The molecule has 0 spiro atoms. The van der Waals surface area contributed by atoms with Gasteiger partial charge in [0.2, 0.25) is 0 Å². The largest absolute Gasteiger partial charge is 0.298 e. The summed E-state index contributed by atoms with van der Waals surface area (Å²) in [4.78, 5) is 10.7. The summed E-state index contributed by atoms with van der Waals surface area (Å²) in [5, 5.41) is 0. The van der Waals surface area contributed by atoms with Gasteiger partial charge in [-0.2, -0.15) is 0 Å². The topological polar surface area (TPSA) is 17.1 Å². The SMILES string of the molecule is CC(c1ccc(-c2ccc(C=O)cc2)cc1)C1CCCCCC1. The highest BCUT2D eigenvalue weighted by Gasteiger charge is 2.20. The average Bonchev–Trinajstić information content (AvgIpc) is 2.91. The maximum absolute atomic E-state index is 10.7. The van der Waals surface area contributed by atoms with Gasteiger partial charge in [-0.15, -0.1) is 0 Å². The Bertz CT molecular complexity index is 616. The fraction of sp³-hybridized carbons (Fsp3) is 0.409. The normalized spacial score (nSPS) is 17.4. The lowest BCUT2D eigenvalue weighted by molar-refractivity contribution is 0.112. The summed E-state index contributed by atoms with van der Waals surface area (Å²) in [7, 11) is 0. The van der Waals surface area contributed by atoms with E-state index in [0.717, 1.165) is 17.8 Å². The molecule has 1 atom stereocenters. The first-order valence-electron chi connectivity index (χ1n) is 8.93. The van der Waals surface area contributed by atoms with E-state index in [2.05, 4.69) is 31.2 Å². The molecule has 0 bridgehead atoms. The molecule has 0 radical (unpaired) electrons. The molecule has 0 heterocycles. The molecule has 1 aliphatic carbocycles. The van der Waals surface area contributed by atoms with Gasteiger partial charge in [-0.1, -0.05) is 81.1 Å². The summed E-state index contributed by atoms with van der Waals surface area (Å²) in [6.07, 6.45) is 9.29. The first-order chi connectivity index (χ1) is 11.3. The Morgan fingerprint density at radius 1 is 0.826 bits per heavy atom. The second-order valence-electron chi connectivity index (χ2n) is 6.90. The number of benzene rings is 2. The van der Waals surface area contributed by atoms with Crippen molar-refractivity contribution in [2.24, 2.45) is 5.92 Å². The van der Waals surface area contributed by atoms with Crippen LogP contribution in [0, 0.1) is 5.92 Å². The molecule has 1 saturated carbocycles. The van der Waals surface area contributed by atoms with Crippen LogP contribution in [0.15, 0.2) is 48.5 Å². The van der Waals surface area contributed by atoms with Crippen LogP contribution in [0.2, 0.25) is 0 Å². The molecule has 0 aliphatic heterocycles. The third kappa shape index (κ3) is 3.90. The van der Waals surface area contributed by atoms with E-state index < -0.39 is 0 Å². The van der Waals surface area contributed by atoms with E-state index in [4.69, 9.17) is 0 Å². The van der Waals surface area contributed by atoms with Gasteiger partial charge in [0.1, 0.15) is 6.29 Å². The molecule has 2 aromatic carbocycles. The average molecular weight is 306 g/mol. The number of hydrogen-bond acceptors (Lipinski definition) is 1. The van der Waals surface area contributed by atoms with Crippen LogP contribution in [0.3, 0.4) is 0 Å². The second-order valence-corrected chi connectivity index (χ2v) is 6.90. The van der Waals surface area contributed by atoms with E-state index >= 15 is 0 Å². The van der Waals surface area contributed by atoms with Crippen molar-refractivity contribution in [2.75, 3.05) is 0 Å².